The predicted octanol–water partition coefficient (Wildman–Crippen LogP) is 4.56. The lowest BCUT2D eigenvalue weighted by Crippen LogP contribution is -2.48. The van der Waals surface area contributed by atoms with E-state index in [4.69, 9.17) is 9.47 Å². The van der Waals surface area contributed by atoms with Gasteiger partial charge in [-0.3, -0.25) is 9.69 Å². The third-order valence-electron chi connectivity index (χ3n) is 6.92. The van der Waals surface area contributed by atoms with Gasteiger partial charge in [-0.2, -0.15) is 0 Å². The van der Waals surface area contributed by atoms with E-state index in [9.17, 15) is 13.6 Å². The number of amides is 1. The van der Waals surface area contributed by atoms with Gasteiger partial charge in [-0.05, 0) is 55.2 Å². The molecule has 0 bridgehead atoms. The number of hydrogen-bond acceptors (Lipinski definition) is 4. The molecule has 31 heavy (non-hydrogen) atoms. The summed E-state index contributed by atoms with van der Waals surface area (Å²) in [7, 11) is 0. The Hall–Kier alpha value is -2.67. The Morgan fingerprint density at radius 3 is 2.45 bits per heavy atom. The van der Waals surface area contributed by atoms with Crippen molar-refractivity contribution in [2.24, 2.45) is 0 Å². The van der Waals surface area contributed by atoms with Gasteiger partial charge >= 0.3 is 0 Å². The molecule has 7 heteroatoms. The molecule has 1 amide bonds. The molecule has 5 nitrogen and oxygen atoms in total. The number of halogens is 2. The van der Waals surface area contributed by atoms with Crippen LogP contribution in [0.25, 0.3) is 0 Å². The van der Waals surface area contributed by atoms with E-state index in [-0.39, 0.29) is 18.0 Å². The molecule has 2 aromatic carbocycles. The number of benzene rings is 2. The van der Waals surface area contributed by atoms with Gasteiger partial charge in [0.2, 0.25) is 5.91 Å². The van der Waals surface area contributed by atoms with E-state index in [1.807, 2.05) is 0 Å². The summed E-state index contributed by atoms with van der Waals surface area (Å²) in [4.78, 5) is 14.9. The second kappa shape index (κ2) is 7.79. The number of carbonyl (C=O) groups is 1. The summed E-state index contributed by atoms with van der Waals surface area (Å²) < 4.78 is 39.6. The summed E-state index contributed by atoms with van der Waals surface area (Å²) in [6.45, 7) is 3.92. The summed E-state index contributed by atoms with van der Waals surface area (Å²) in [6.07, 6.45) is 4.38. The summed E-state index contributed by atoms with van der Waals surface area (Å²) in [5.74, 6) is -0.442. The molecule has 1 spiro atoms. The zero-order valence-corrected chi connectivity index (χ0v) is 17.5. The van der Waals surface area contributed by atoms with Crippen molar-refractivity contribution in [3.05, 3.63) is 53.1 Å². The molecular weight excluding hydrogens is 402 g/mol. The van der Waals surface area contributed by atoms with Crippen LogP contribution in [0.3, 0.4) is 0 Å². The number of rotatable bonds is 3. The monoisotopic (exact) mass is 428 g/mol. The summed E-state index contributed by atoms with van der Waals surface area (Å²) >= 11 is 0. The zero-order valence-electron chi connectivity index (χ0n) is 17.5. The van der Waals surface area contributed by atoms with Gasteiger partial charge in [0, 0.05) is 18.0 Å². The molecule has 1 atom stereocenters. The first-order valence-electron chi connectivity index (χ1n) is 10.9. The maximum Gasteiger partial charge on any atom is 0.238 e. The molecular formula is C24H26F2N2O3. The van der Waals surface area contributed by atoms with E-state index in [1.165, 1.54) is 11.6 Å². The maximum absolute atomic E-state index is 14.0. The summed E-state index contributed by atoms with van der Waals surface area (Å²) in [5.41, 5.74) is 2.00. The molecule has 0 radical (unpaired) electrons. The highest BCUT2D eigenvalue weighted by Crippen LogP contribution is 2.51. The fourth-order valence-electron chi connectivity index (χ4n) is 5.37. The Labute approximate surface area is 180 Å². The van der Waals surface area contributed by atoms with Crippen molar-refractivity contribution in [2.45, 2.75) is 44.1 Å². The number of ether oxygens (including phenoxy) is 2. The zero-order chi connectivity index (χ0) is 21.6. The number of para-hydroxylation sites is 1. The average molecular weight is 428 g/mol. The van der Waals surface area contributed by atoms with Gasteiger partial charge in [0.25, 0.3) is 0 Å². The third kappa shape index (κ3) is 3.55. The molecule has 0 aromatic heterocycles. The Morgan fingerprint density at radius 1 is 1.13 bits per heavy atom. The number of anilines is 1. The van der Waals surface area contributed by atoms with Crippen LogP contribution in [0.1, 0.15) is 49.8 Å². The van der Waals surface area contributed by atoms with Crippen molar-refractivity contribution < 1.29 is 23.0 Å². The number of nitrogens with one attached hydrogen (secondary N) is 1. The van der Waals surface area contributed by atoms with E-state index in [0.29, 0.717) is 13.2 Å². The van der Waals surface area contributed by atoms with Gasteiger partial charge in [0.1, 0.15) is 30.5 Å². The second-order valence-corrected chi connectivity index (χ2v) is 8.80. The first-order chi connectivity index (χ1) is 15.0. The SMILES string of the molecule is C[C@H]1c2cc3c(cc2C2(CCCC2)CN1CC(=O)Nc1c(F)cccc1F)OCCO3. The Balaban J connectivity index is 1.44. The van der Waals surface area contributed by atoms with Gasteiger partial charge in [-0.25, -0.2) is 8.78 Å². The van der Waals surface area contributed by atoms with Crippen molar-refractivity contribution in [3.8, 4) is 11.5 Å². The van der Waals surface area contributed by atoms with Crippen molar-refractivity contribution in [1.29, 1.82) is 0 Å². The van der Waals surface area contributed by atoms with Crippen molar-refractivity contribution in [3.63, 3.8) is 0 Å². The normalized spacial score (nSPS) is 21.7. The molecule has 2 aromatic rings. The van der Waals surface area contributed by atoms with E-state index < -0.39 is 23.2 Å². The smallest absolute Gasteiger partial charge is 0.238 e. The molecule has 0 unspecified atom stereocenters. The minimum absolute atomic E-state index is 0.0340. The van der Waals surface area contributed by atoms with Crippen LogP contribution in [0, 0.1) is 11.6 Å². The van der Waals surface area contributed by atoms with Crippen LogP contribution in [0.2, 0.25) is 0 Å². The van der Waals surface area contributed by atoms with Crippen LogP contribution in [0.5, 0.6) is 11.5 Å². The van der Waals surface area contributed by atoms with Crippen LogP contribution < -0.4 is 14.8 Å². The van der Waals surface area contributed by atoms with E-state index in [0.717, 1.165) is 61.4 Å². The molecule has 2 heterocycles. The van der Waals surface area contributed by atoms with Gasteiger partial charge in [0.15, 0.2) is 11.5 Å². The highest BCUT2D eigenvalue weighted by molar-refractivity contribution is 5.92. The molecule has 0 saturated heterocycles. The van der Waals surface area contributed by atoms with E-state index >= 15 is 0 Å². The number of carbonyl (C=O) groups excluding carboxylic acids is 1. The number of nitrogens with zero attached hydrogens (tertiary/aromatic N) is 1. The Kier molecular flexibility index (Phi) is 5.08. The first-order valence-corrected chi connectivity index (χ1v) is 10.9. The van der Waals surface area contributed by atoms with Crippen LogP contribution in [0.4, 0.5) is 14.5 Å². The summed E-state index contributed by atoms with van der Waals surface area (Å²) in [5, 5.41) is 2.42. The van der Waals surface area contributed by atoms with Gasteiger partial charge in [-0.1, -0.05) is 18.9 Å². The topological polar surface area (TPSA) is 50.8 Å². The first kappa shape index (κ1) is 20.2. The Morgan fingerprint density at radius 2 is 1.77 bits per heavy atom. The minimum Gasteiger partial charge on any atom is -0.486 e. The highest BCUT2D eigenvalue weighted by Gasteiger charge is 2.45. The average Bonchev–Trinajstić information content (AvgIpc) is 3.23. The molecule has 5 rings (SSSR count). The quantitative estimate of drug-likeness (QED) is 0.779. The summed E-state index contributed by atoms with van der Waals surface area (Å²) in [6, 6.07) is 7.70. The molecule has 1 fully saturated rings. The standard InChI is InChI=1S/C24H26F2N2O3/c1-15-16-11-20-21(31-10-9-30-20)12-17(16)24(7-2-3-8-24)14-28(15)13-22(29)27-23-18(25)5-4-6-19(23)26/h4-6,11-12,15H,2-3,7-10,13-14H2,1H3,(H,27,29)/t15-/m0/s1. The molecule has 2 aliphatic heterocycles. The second-order valence-electron chi connectivity index (χ2n) is 8.80. The van der Waals surface area contributed by atoms with Crippen molar-refractivity contribution in [2.75, 3.05) is 31.6 Å². The fraction of sp³-hybridized carbons (Fsp3) is 0.458. The lowest BCUT2D eigenvalue weighted by molar-refractivity contribution is -0.118. The Bertz CT molecular complexity index is 1000. The molecule has 1 saturated carbocycles. The van der Waals surface area contributed by atoms with E-state index in [2.05, 4.69) is 29.3 Å². The van der Waals surface area contributed by atoms with E-state index in [1.54, 1.807) is 0 Å². The number of fused-ring (bicyclic) bond motifs is 3. The number of hydrogen-bond donors (Lipinski definition) is 1. The van der Waals surface area contributed by atoms with Crippen LogP contribution in [-0.4, -0.2) is 37.1 Å². The van der Waals surface area contributed by atoms with Gasteiger partial charge in [-0.15, -0.1) is 0 Å². The minimum atomic E-state index is -0.776. The lowest BCUT2D eigenvalue weighted by Gasteiger charge is -2.46. The van der Waals surface area contributed by atoms with Crippen LogP contribution in [-0.2, 0) is 10.2 Å². The van der Waals surface area contributed by atoms with Gasteiger partial charge < -0.3 is 14.8 Å². The van der Waals surface area contributed by atoms with Crippen molar-refractivity contribution in [1.82, 2.24) is 4.90 Å². The molecule has 1 N–H and O–H groups in total. The molecule has 164 valence electrons. The van der Waals surface area contributed by atoms with Crippen molar-refractivity contribution >= 4 is 11.6 Å². The maximum atomic E-state index is 14.0. The highest BCUT2D eigenvalue weighted by atomic mass is 19.1. The van der Waals surface area contributed by atoms with Gasteiger partial charge in [0.05, 0.1) is 6.54 Å². The van der Waals surface area contributed by atoms with Crippen LogP contribution in [0.15, 0.2) is 30.3 Å². The largest absolute Gasteiger partial charge is 0.486 e. The predicted molar refractivity (Wildman–Crippen MR) is 113 cm³/mol. The fourth-order valence-corrected chi connectivity index (χ4v) is 5.37. The molecule has 3 aliphatic rings. The molecule has 1 aliphatic carbocycles. The van der Waals surface area contributed by atoms with Crippen LogP contribution >= 0.6 is 0 Å². The third-order valence-corrected chi connectivity index (χ3v) is 6.92. The lowest BCUT2D eigenvalue weighted by atomic mass is 9.71.